The molecule has 5 rings (SSSR count). The monoisotopic (exact) mass is 281 g/mol. The minimum atomic E-state index is 0.993. The van der Waals surface area contributed by atoms with Gasteiger partial charge < -0.3 is 5.32 Å². The predicted molar refractivity (Wildman–Crippen MR) is 94.0 cm³/mol. The van der Waals surface area contributed by atoms with Gasteiger partial charge in [-0.05, 0) is 56.9 Å². The van der Waals surface area contributed by atoms with E-state index < -0.39 is 0 Å². The summed E-state index contributed by atoms with van der Waals surface area (Å²) in [6, 6.07) is 26.3. The van der Waals surface area contributed by atoms with Gasteiger partial charge in [0, 0.05) is 17.8 Å². The maximum atomic E-state index is 3.62. The van der Waals surface area contributed by atoms with Gasteiger partial charge in [0.2, 0.25) is 0 Å². The summed E-state index contributed by atoms with van der Waals surface area (Å²) in [6.07, 6.45) is 0.993. The molecule has 1 N–H and O–H groups in total. The molecule has 1 heterocycles. The topological polar surface area (TPSA) is 12.0 Å². The molecule has 0 amide bonds. The lowest BCUT2D eigenvalue weighted by Gasteiger charge is -2.23. The zero-order chi connectivity index (χ0) is 14.5. The Hall–Kier alpha value is -2.80. The Morgan fingerprint density at radius 2 is 0.955 bits per heavy atom. The van der Waals surface area contributed by atoms with Crippen LogP contribution in [0.5, 0.6) is 0 Å². The van der Waals surface area contributed by atoms with Gasteiger partial charge in [0.1, 0.15) is 0 Å². The normalized spacial score (nSPS) is 12.7. The van der Waals surface area contributed by atoms with Gasteiger partial charge in [0.15, 0.2) is 0 Å². The molecule has 22 heavy (non-hydrogen) atoms. The van der Waals surface area contributed by atoms with Gasteiger partial charge in [0.05, 0.1) is 0 Å². The van der Waals surface area contributed by atoms with Crippen LogP contribution in [0.15, 0.2) is 72.8 Å². The van der Waals surface area contributed by atoms with Crippen LogP contribution in [0, 0.1) is 0 Å². The number of fused-ring (bicyclic) bond motifs is 4. The summed E-state index contributed by atoms with van der Waals surface area (Å²) in [5, 5.41) is 8.83. The van der Waals surface area contributed by atoms with E-state index in [1.54, 1.807) is 0 Å². The van der Waals surface area contributed by atoms with E-state index in [0.29, 0.717) is 0 Å². The highest BCUT2D eigenvalue weighted by molar-refractivity contribution is 5.93. The second-order valence-corrected chi connectivity index (χ2v) is 6.01. The predicted octanol–water partition coefficient (Wildman–Crippen LogP) is 5.64. The van der Waals surface area contributed by atoms with Crippen molar-refractivity contribution in [3.05, 3.63) is 83.9 Å². The third kappa shape index (κ3) is 1.72. The first-order chi connectivity index (χ1) is 10.9. The molecule has 1 aliphatic heterocycles. The van der Waals surface area contributed by atoms with E-state index in [2.05, 4.69) is 78.1 Å². The summed E-state index contributed by atoms with van der Waals surface area (Å²) in [7, 11) is 0. The molecular weight excluding hydrogens is 266 g/mol. The maximum absolute atomic E-state index is 3.62. The van der Waals surface area contributed by atoms with Gasteiger partial charge in [-0.1, -0.05) is 48.5 Å². The summed E-state index contributed by atoms with van der Waals surface area (Å²) >= 11 is 0. The fraction of sp³-hybridized carbons (Fsp3) is 0.0476. The molecule has 0 aliphatic carbocycles. The first-order valence-electron chi connectivity index (χ1n) is 7.67. The quantitative estimate of drug-likeness (QED) is 0.387. The number of rotatable bonds is 0. The van der Waals surface area contributed by atoms with Crippen LogP contribution >= 0.6 is 0 Å². The van der Waals surface area contributed by atoms with Gasteiger partial charge in [-0.2, -0.15) is 0 Å². The van der Waals surface area contributed by atoms with E-state index in [1.165, 1.54) is 44.0 Å². The van der Waals surface area contributed by atoms with Crippen molar-refractivity contribution >= 4 is 32.9 Å². The van der Waals surface area contributed by atoms with Crippen LogP contribution in [-0.2, 0) is 6.42 Å². The van der Waals surface area contributed by atoms with Crippen molar-refractivity contribution in [3.8, 4) is 0 Å². The molecule has 0 fully saturated rings. The number of benzene rings is 4. The summed E-state index contributed by atoms with van der Waals surface area (Å²) in [5.41, 5.74) is 5.23. The highest BCUT2D eigenvalue weighted by Crippen LogP contribution is 2.37. The standard InChI is InChI=1S/C21H15N/c1-3-7-16-12-20-18(9-14(16)5-1)11-19-10-15-6-2-4-8-17(15)13-21(19)22-20/h1-10,12-13,22H,11H2. The molecule has 4 aromatic carbocycles. The summed E-state index contributed by atoms with van der Waals surface area (Å²) in [5.74, 6) is 0. The molecule has 0 unspecified atom stereocenters. The number of hydrogen-bond acceptors (Lipinski definition) is 1. The fourth-order valence-corrected chi connectivity index (χ4v) is 3.45. The van der Waals surface area contributed by atoms with Crippen molar-refractivity contribution in [2.24, 2.45) is 0 Å². The summed E-state index contributed by atoms with van der Waals surface area (Å²) in [6.45, 7) is 0. The Labute approximate surface area is 129 Å². The second kappa shape index (κ2) is 4.35. The average Bonchev–Trinajstić information content (AvgIpc) is 2.56. The third-order valence-corrected chi connectivity index (χ3v) is 4.59. The highest BCUT2D eigenvalue weighted by Gasteiger charge is 2.16. The SMILES string of the molecule is c1ccc2cc3c(cc2c1)Cc1cc2ccccc2cc1N3. The smallest absolute Gasteiger partial charge is 0.0426 e. The minimum Gasteiger partial charge on any atom is -0.355 e. The van der Waals surface area contributed by atoms with Gasteiger partial charge in [-0.25, -0.2) is 0 Å². The lowest BCUT2D eigenvalue weighted by atomic mass is 9.93. The van der Waals surface area contributed by atoms with Crippen molar-refractivity contribution in [1.29, 1.82) is 0 Å². The molecule has 0 atom stereocenters. The number of nitrogens with one attached hydrogen (secondary N) is 1. The Kier molecular flexibility index (Phi) is 2.33. The molecule has 1 nitrogen and oxygen atoms in total. The van der Waals surface area contributed by atoms with Gasteiger partial charge in [-0.3, -0.25) is 0 Å². The largest absolute Gasteiger partial charge is 0.355 e. The summed E-state index contributed by atoms with van der Waals surface area (Å²) < 4.78 is 0. The summed E-state index contributed by atoms with van der Waals surface area (Å²) in [4.78, 5) is 0. The van der Waals surface area contributed by atoms with E-state index in [9.17, 15) is 0 Å². The first kappa shape index (κ1) is 11.8. The molecule has 0 radical (unpaired) electrons. The molecule has 4 aromatic rings. The maximum Gasteiger partial charge on any atom is 0.0426 e. The molecule has 0 spiro atoms. The molecule has 1 aliphatic rings. The van der Waals surface area contributed by atoms with Crippen LogP contribution in [0.25, 0.3) is 21.5 Å². The van der Waals surface area contributed by atoms with E-state index >= 15 is 0 Å². The van der Waals surface area contributed by atoms with Crippen LogP contribution in [0.3, 0.4) is 0 Å². The van der Waals surface area contributed by atoms with Crippen LogP contribution in [0.2, 0.25) is 0 Å². The van der Waals surface area contributed by atoms with Crippen LogP contribution in [-0.4, -0.2) is 0 Å². The van der Waals surface area contributed by atoms with Crippen molar-refractivity contribution in [3.63, 3.8) is 0 Å². The molecular formula is C21H15N. The van der Waals surface area contributed by atoms with Gasteiger partial charge in [-0.15, -0.1) is 0 Å². The lowest BCUT2D eigenvalue weighted by Crippen LogP contribution is -2.06. The zero-order valence-corrected chi connectivity index (χ0v) is 12.1. The highest BCUT2D eigenvalue weighted by atomic mass is 14.9. The van der Waals surface area contributed by atoms with Crippen molar-refractivity contribution in [1.82, 2.24) is 0 Å². The van der Waals surface area contributed by atoms with Crippen molar-refractivity contribution < 1.29 is 0 Å². The molecule has 1 heteroatoms. The zero-order valence-electron chi connectivity index (χ0n) is 12.1. The molecule has 0 bridgehead atoms. The first-order valence-corrected chi connectivity index (χ1v) is 7.67. The lowest BCUT2D eigenvalue weighted by molar-refractivity contribution is 1.17. The Morgan fingerprint density at radius 3 is 1.41 bits per heavy atom. The molecule has 0 saturated carbocycles. The van der Waals surface area contributed by atoms with E-state index in [1.807, 2.05) is 0 Å². The van der Waals surface area contributed by atoms with Crippen LogP contribution in [0.4, 0.5) is 11.4 Å². The van der Waals surface area contributed by atoms with E-state index in [4.69, 9.17) is 0 Å². The Bertz CT molecular complexity index is 864. The molecule has 104 valence electrons. The van der Waals surface area contributed by atoms with Crippen molar-refractivity contribution in [2.75, 3.05) is 5.32 Å². The Morgan fingerprint density at radius 1 is 0.545 bits per heavy atom. The minimum absolute atomic E-state index is 0.993. The van der Waals surface area contributed by atoms with Gasteiger partial charge >= 0.3 is 0 Å². The second-order valence-electron chi connectivity index (χ2n) is 6.01. The average molecular weight is 281 g/mol. The molecule has 0 saturated heterocycles. The van der Waals surface area contributed by atoms with E-state index in [-0.39, 0.29) is 0 Å². The Balaban J connectivity index is 1.71. The number of anilines is 2. The van der Waals surface area contributed by atoms with E-state index in [0.717, 1.165) is 6.42 Å². The van der Waals surface area contributed by atoms with Crippen LogP contribution < -0.4 is 5.32 Å². The number of hydrogen-bond donors (Lipinski definition) is 1. The fourth-order valence-electron chi connectivity index (χ4n) is 3.45. The van der Waals surface area contributed by atoms with Crippen LogP contribution in [0.1, 0.15) is 11.1 Å². The van der Waals surface area contributed by atoms with Crippen molar-refractivity contribution in [2.45, 2.75) is 6.42 Å². The van der Waals surface area contributed by atoms with Gasteiger partial charge in [0.25, 0.3) is 0 Å². The molecule has 0 aromatic heterocycles. The third-order valence-electron chi connectivity index (χ3n) is 4.59.